The first-order chi connectivity index (χ1) is 12.2. The molecular formula is C22H26N2O. The lowest BCUT2D eigenvalue weighted by Gasteiger charge is -2.23. The van der Waals surface area contributed by atoms with Gasteiger partial charge in [0, 0.05) is 29.3 Å². The van der Waals surface area contributed by atoms with Gasteiger partial charge < -0.3 is 15.0 Å². The lowest BCUT2D eigenvalue weighted by molar-refractivity contribution is 0.285. The third-order valence-electron chi connectivity index (χ3n) is 5.53. The zero-order valence-electron chi connectivity index (χ0n) is 14.9. The van der Waals surface area contributed by atoms with Crippen LogP contribution >= 0.6 is 0 Å². The van der Waals surface area contributed by atoms with Crippen LogP contribution in [-0.2, 0) is 19.9 Å². The van der Waals surface area contributed by atoms with Gasteiger partial charge in [-0.05, 0) is 73.9 Å². The molecule has 0 saturated carbocycles. The molecule has 4 rings (SSSR count). The Bertz CT molecular complexity index is 864. The monoisotopic (exact) mass is 334 g/mol. The third-order valence-corrected chi connectivity index (χ3v) is 5.53. The SMILES string of the molecule is Cn1c2c(c3ccccc31)CC(CCCOc1ccc(N)cc1)CC2. The minimum absolute atomic E-state index is 0.772. The van der Waals surface area contributed by atoms with E-state index >= 15 is 0 Å². The molecule has 1 atom stereocenters. The molecule has 3 aromatic rings. The van der Waals surface area contributed by atoms with Gasteiger partial charge in [0.2, 0.25) is 0 Å². The summed E-state index contributed by atoms with van der Waals surface area (Å²) in [6, 6.07) is 16.5. The summed E-state index contributed by atoms with van der Waals surface area (Å²) in [4.78, 5) is 0. The summed E-state index contributed by atoms with van der Waals surface area (Å²) in [5.41, 5.74) is 11.0. The molecule has 130 valence electrons. The fourth-order valence-electron chi connectivity index (χ4n) is 4.18. The molecule has 0 fully saturated rings. The van der Waals surface area contributed by atoms with Crippen molar-refractivity contribution in [2.24, 2.45) is 13.0 Å². The number of hydrogen-bond donors (Lipinski definition) is 1. The van der Waals surface area contributed by atoms with Gasteiger partial charge in [-0.3, -0.25) is 0 Å². The average Bonchev–Trinajstić information content (AvgIpc) is 2.93. The van der Waals surface area contributed by atoms with Crippen molar-refractivity contribution in [1.82, 2.24) is 4.57 Å². The Morgan fingerprint density at radius 1 is 1.12 bits per heavy atom. The molecule has 25 heavy (non-hydrogen) atoms. The van der Waals surface area contributed by atoms with Gasteiger partial charge in [0.25, 0.3) is 0 Å². The second kappa shape index (κ2) is 6.83. The first-order valence-corrected chi connectivity index (χ1v) is 9.26. The molecule has 1 aliphatic carbocycles. The second-order valence-corrected chi connectivity index (χ2v) is 7.17. The van der Waals surface area contributed by atoms with Crippen molar-refractivity contribution in [2.45, 2.75) is 32.1 Å². The molecule has 0 bridgehead atoms. The number of nitrogens with two attached hydrogens (primary N) is 1. The fourth-order valence-corrected chi connectivity index (χ4v) is 4.18. The van der Waals surface area contributed by atoms with Crippen LogP contribution in [0.2, 0.25) is 0 Å². The van der Waals surface area contributed by atoms with Crippen LogP contribution in [0.15, 0.2) is 48.5 Å². The standard InChI is InChI=1S/C22H26N2O/c1-24-21-7-3-2-6-19(21)20-15-16(8-13-22(20)24)5-4-14-25-18-11-9-17(23)10-12-18/h2-3,6-7,9-12,16H,4-5,8,13-15,23H2,1H3. The number of anilines is 1. The van der Waals surface area contributed by atoms with Gasteiger partial charge >= 0.3 is 0 Å². The molecule has 0 aliphatic heterocycles. The maximum absolute atomic E-state index is 5.84. The minimum atomic E-state index is 0.772. The van der Waals surface area contributed by atoms with Crippen LogP contribution in [0.1, 0.15) is 30.5 Å². The first kappa shape index (κ1) is 16.1. The van der Waals surface area contributed by atoms with Gasteiger partial charge in [0.1, 0.15) is 5.75 Å². The highest BCUT2D eigenvalue weighted by molar-refractivity contribution is 5.85. The summed E-state index contributed by atoms with van der Waals surface area (Å²) < 4.78 is 8.23. The van der Waals surface area contributed by atoms with E-state index in [1.807, 2.05) is 24.3 Å². The highest BCUT2D eigenvalue weighted by Crippen LogP contribution is 2.35. The number of benzene rings is 2. The second-order valence-electron chi connectivity index (χ2n) is 7.17. The summed E-state index contributed by atoms with van der Waals surface area (Å²) in [7, 11) is 2.21. The summed E-state index contributed by atoms with van der Waals surface area (Å²) in [5.74, 6) is 1.68. The van der Waals surface area contributed by atoms with Gasteiger partial charge in [-0.25, -0.2) is 0 Å². The average molecular weight is 334 g/mol. The summed E-state index contributed by atoms with van der Waals surface area (Å²) in [5, 5.41) is 1.45. The highest BCUT2D eigenvalue weighted by Gasteiger charge is 2.23. The number of nitrogen functional groups attached to an aromatic ring is 1. The Labute approximate surface area is 149 Å². The zero-order chi connectivity index (χ0) is 17.2. The van der Waals surface area contributed by atoms with Gasteiger partial charge in [-0.1, -0.05) is 18.2 Å². The third kappa shape index (κ3) is 3.23. The van der Waals surface area contributed by atoms with Crippen molar-refractivity contribution in [3.63, 3.8) is 0 Å². The van der Waals surface area contributed by atoms with Crippen molar-refractivity contribution in [3.8, 4) is 5.75 Å². The summed E-state index contributed by atoms with van der Waals surface area (Å²) in [6.07, 6.45) is 6.04. The van der Waals surface area contributed by atoms with Gasteiger partial charge in [0.05, 0.1) is 6.61 Å². The van der Waals surface area contributed by atoms with Crippen molar-refractivity contribution >= 4 is 16.6 Å². The number of aromatic nitrogens is 1. The van der Waals surface area contributed by atoms with Crippen molar-refractivity contribution in [2.75, 3.05) is 12.3 Å². The molecule has 2 aromatic carbocycles. The quantitative estimate of drug-likeness (QED) is 0.541. The van der Waals surface area contributed by atoms with Crippen LogP contribution in [-0.4, -0.2) is 11.2 Å². The van der Waals surface area contributed by atoms with Crippen LogP contribution in [0.25, 0.3) is 10.9 Å². The van der Waals surface area contributed by atoms with Crippen LogP contribution < -0.4 is 10.5 Å². The maximum Gasteiger partial charge on any atom is 0.119 e. The Morgan fingerprint density at radius 3 is 2.76 bits per heavy atom. The van der Waals surface area contributed by atoms with E-state index in [0.717, 1.165) is 30.4 Å². The van der Waals surface area contributed by atoms with Crippen LogP contribution in [0.3, 0.4) is 0 Å². The number of nitrogens with zero attached hydrogens (tertiary/aromatic N) is 1. The van der Waals surface area contributed by atoms with Crippen LogP contribution in [0.5, 0.6) is 5.75 Å². The molecule has 3 heteroatoms. The molecule has 0 saturated heterocycles. The van der Waals surface area contributed by atoms with Gasteiger partial charge in [-0.15, -0.1) is 0 Å². The number of para-hydroxylation sites is 1. The molecule has 1 aromatic heterocycles. The smallest absolute Gasteiger partial charge is 0.119 e. The van der Waals surface area contributed by atoms with E-state index in [9.17, 15) is 0 Å². The number of rotatable bonds is 5. The van der Waals surface area contributed by atoms with E-state index in [-0.39, 0.29) is 0 Å². The van der Waals surface area contributed by atoms with Gasteiger partial charge in [0.15, 0.2) is 0 Å². The molecule has 1 heterocycles. The van der Waals surface area contributed by atoms with E-state index in [0.29, 0.717) is 0 Å². The van der Waals surface area contributed by atoms with E-state index in [2.05, 4.69) is 35.9 Å². The molecule has 0 radical (unpaired) electrons. The number of hydrogen-bond acceptors (Lipinski definition) is 2. The molecule has 0 amide bonds. The molecule has 1 unspecified atom stereocenters. The summed E-state index contributed by atoms with van der Waals surface area (Å²) in [6.45, 7) is 0.781. The van der Waals surface area contributed by atoms with E-state index in [1.54, 1.807) is 5.56 Å². The largest absolute Gasteiger partial charge is 0.494 e. The van der Waals surface area contributed by atoms with Crippen molar-refractivity contribution < 1.29 is 4.74 Å². The predicted molar refractivity (Wildman–Crippen MR) is 104 cm³/mol. The summed E-state index contributed by atoms with van der Waals surface area (Å²) >= 11 is 0. The zero-order valence-corrected chi connectivity index (χ0v) is 14.9. The molecule has 3 nitrogen and oxygen atoms in total. The number of aryl methyl sites for hydroxylation is 1. The van der Waals surface area contributed by atoms with E-state index in [4.69, 9.17) is 10.5 Å². The predicted octanol–water partition coefficient (Wildman–Crippen LogP) is 4.72. The molecule has 2 N–H and O–H groups in total. The first-order valence-electron chi connectivity index (χ1n) is 9.26. The Hall–Kier alpha value is -2.42. The van der Waals surface area contributed by atoms with E-state index < -0.39 is 0 Å². The van der Waals surface area contributed by atoms with Gasteiger partial charge in [-0.2, -0.15) is 0 Å². The maximum atomic E-state index is 5.84. The Kier molecular flexibility index (Phi) is 4.39. The van der Waals surface area contributed by atoms with Crippen LogP contribution in [0.4, 0.5) is 5.69 Å². The molecule has 1 aliphatic rings. The van der Waals surface area contributed by atoms with Crippen molar-refractivity contribution in [1.29, 1.82) is 0 Å². The molecule has 0 spiro atoms. The fraction of sp³-hybridized carbons (Fsp3) is 0.364. The topological polar surface area (TPSA) is 40.2 Å². The lowest BCUT2D eigenvalue weighted by Crippen LogP contribution is -2.16. The van der Waals surface area contributed by atoms with Crippen LogP contribution in [0, 0.1) is 5.92 Å². The van der Waals surface area contributed by atoms with E-state index in [1.165, 1.54) is 42.3 Å². The highest BCUT2D eigenvalue weighted by atomic mass is 16.5. The lowest BCUT2D eigenvalue weighted by atomic mass is 9.84. The normalized spacial score (nSPS) is 16.8. The molecular weight excluding hydrogens is 308 g/mol. The minimum Gasteiger partial charge on any atom is -0.494 e. The Morgan fingerprint density at radius 2 is 1.92 bits per heavy atom. The Balaban J connectivity index is 1.35. The van der Waals surface area contributed by atoms with Crippen molar-refractivity contribution in [3.05, 3.63) is 59.8 Å². The number of ether oxygens (including phenoxy) is 1. The number of fused-ring (bicyclic) bond motifs is 3.